The summed E-state index contributed by atoms with van der Waals surface area (Å²) in [7, 11) is 0. The maximum absolute atomic E-state index is 12.9. The summed E-state index contributed by atoms with van der Waals surface area (Å²) in [5, 5.41) is 5.77. The van der Waals surface area contributed by atoms with Crippen LogP contribution in [0.15, 0.2) is 66.6 Å². The van der Waals surface area contributed by atoms with E-state index in [0.29, 0.717) is 18.8 Å². The third-order valence-corrected chi connectivity index (χ3v) is 6.73. The van der Waals surface area contributed by atoms with E-state index in [2.05, 4.69) is 48.1 Å². The van der Waals surface area contributed by atoms with E-state index in [-0.39, 0.29) is 24.5 Å². The van der Waals surface area contributed by atoms with Gasteiger partial charge in [-0.2, -0.15) is 0 Å². The number of nitrogens with zero attached hydrogens (tertiary/aromatic N) is 2. The molecule has 33 heavy (non-hydrogen) atoms. The molecule has 4 rings (SSSR count). The molecule has 0 atom stereocenters. The van der Waals surface area contributed by atoms with Crippen molar-refractivity contribution in [1.29, 1.82) is 0 Å². The van der Waals surface area contributed by atoms with Crippen LogP contribution < -0.4 is 5.32 Å². The van der Waals surface area contributed by atoms with Crippen molar-refractivity contribution in [1.82, 2.24) is 9.88 Å². The van der Waals surface area contributed by atoms with Gasteiger partial charge in [-0.1, -0.05) is 60.7 Å². The van der Waals surface area contributed by atoms with Crippen molar-refractivity contribution in [3.05, 3.63) is 82.8 Å². The first kappa shape index (κ1) is 22.7. The lowest BCUT2D eigenvalue weighted by molar-refractivity contribution is 0.102. The molecule has 0 aliphatic carbocycles. The van der Waals surface area contributed by atoms with E-state index < -0.39 is 0 Å². The Hall–Kier alpha value is -3.45. The number of aryl methyl sites for hydroxylation is 1. The van der Waals surface area contributed by atoms with Gasteiger partial charge in [0.15, 0.2) is 0 Å². The molecule has 2 aromatic carbocycles. The Kier molecular flexibility index (Phi) is 7.19. The number of thiazole rings is 1. The number of carbonyl (C=O) groups is 2. The minimum atomic E-state index is -0.306. The van der Waals surface area contributed by atoms with Gasteiger partial charge in [0.05, 0.1) is 5.01 Å². The van der Waals surface area contributed by atoms with E-state index >= 15 is 0 Å². The minimum absolute atomic E-state index is 0.219. The molecule has 0 spiro atoms. The maximum Gasteiger partial charge on any atom is 0.410 e. The predicted octanol–water partition coefficient (Wildman–Crippen LogP) is 5.87. The smallest absolute Gasteiger partial charge is 0.410 e. The van der Waals surface area contributed by atoms with Crippen molar-refractivity contribution in [2.24, 2.45) is 0 Å². The summed E-state index contributed by atoms with van der Waals surface area (Å²) in [6.07, 6.45) is 2.85. The average molecular weight is 462 g/mol. The molecule has 1 aromatic heterocycles. The average Bonchev–Trinajstić information content (AvgIpc) is 3.34. The van der Waals surface area contributed by atoms with E-state index in [4.69, 9.17) is 4.74 Å². The first-order valence-electron chi connectivity index (χ1n) is 11.0. The fourth-order valence-corrected chi connectivity index (χ4v) is 4.84. The van der Waals surface area contributed by atoms with Gasteiger partial charge in [0, 0.05) is 35.6 Å². The summed E-state index contributed by atoms with van der Waals surface area (Å²) in [4.78, 5) is 31.3. The van der Waals surface area contributed by atoms with Crippen LogP contribution in [0.3, 0.4) is 0 Å². The van der Waals surface area contributed by atoms with Crippen molar-refractivity contribution in [3.63, 3.8) is 0 Å². The van der Waals surface area contributed by atoms with Gasteiger partial charge >= 0.3 is 6.09 Å². The Balaban J connectivity index is 1.40. The van der Waals surface area contributed by atoms with Gasteiger partial charge in [0.25, 0.3) is 5.91 Å². The number of amides is 2. The second-order valence-corrected chi connectivity index (χ2v) is 8.95. The number of rotatable bonds is 6. The van der Waals surface area contributed by atoms with Gasteiger partial charge in [-0.25, -0.2) is 9.78 Å². The molecule has 1 saturated heterocycles. The molecule has 1 fully saturated rings. The molecule has 7 heteroatoms. The second kappa shape index (κ2) is 10.4. The highest BCUT2D eigenvalue weighted by molar-refractivity contribution is 7.10. The van der Waals surface area contributed by atoms with Gasteiger partial charge in [-0.05, 0) is 31.4 Å². The molecule has 1 N–H and O–H groups in total. The first-order chi connectivity index (χ1) is 16.0. The standard InChI is InChI=1S/C26H27N3O3S/c1-3-16-32-26(31)29-14-12-20(13-15-29)25-28-23(17-33-25)24(30)27-22-7-5-4-6-21(22)19-10-8-18(2)9-11-19/h3-11,17,20H,1,12-16H2,2H3,(H,27,30). The lowest BCUT2D eigenvalue weighted by Crippen LogP contribution is -2.38. The molecule has 2 amide bonds. The summed E-state index contributed by atoms with van der Waals surface area (Å²) in [5.41, 5.74) is 4.38. The van der Waals surface area contributed by atoms with Crippen molar-refractivity contribution in [2.45, 2.75) is 25.7 Å². The third-order valence-electron chi connectivity index (χ3n) is 5.72. The van der Waals surface area contributed by atoms with Crippen molar-refractivity contribution in [3.8, 4) is 11.1 Å². The summed E-state index contributed by atoms with van der Waals surface area (Å²) >= 11 is 1.50. The summed E-state index contributed by atoms with van der Waals surface area (Å²) < 4.78 is 5.11. The van der Waals surface area contributed by atoms with Crippen LogP contribution in [0.1, 0.15) is 39.8 Å². The summed E-state index contributed by atoms with van der Waals surface area (Å²) in [6, 6.07) is 16.0. The van der Waals surface area contributed by atoms with Crippen LogP contribution in [-0.4, -0.2) is 41.6 Å². The number of benzene rings is 2. The molecule has 2 heterocycles. The zero-order chi connectivity index (χ0) is 23.2. The van der Waals surface area contributed by atoms with Crippen molar-refractivity contribution >= 4 is 29.0 Å². The zero-order valence-electron chi connectivity index (χ0n) is 18.6. The van der Waals surface area contributed by atoms with Crippen LogP contribution in [0.5, 0.6) is 0 Å². The molecular formula is C26H27N3O3S. The SMILES string of the molecule is C=CCOC(=O)N1CCC(c2nc(C(=O)Nc3ccccc3-c3ccc(C)cc3)cs2)CC1. The minimum Gasteiger partial charge on any atom is -0.445 e. The summed E-state index contributed by atoms with van der Waals surface area (Å²) in [5.74, 6) is 0.0161. The number of likely N-dealkylation sites (tertiary alicyclic amines) is 1. The molecule has 170 valence electrons. The summed E-state index contributed by atoms with van der Waals surface area (Å²) in [6.45, 7) is 7.06. The Morgan fingerprint density at radius 1 is 1.18 bits per heavy atom. The van der Waals surface area contributed by atoms with Crippen LogP contribution in [0.2, 0.25) is 0 Å². The molecule has 1 aliphatic rings. The predicted molar refractivity (Wildman–Crippen MR) is 132 cm³/mol. The highest BCUT2D eigenvalue weighted by Crippen LogP contribution is 2.32. The molecule has 0 bridgehead atoms. The molecule has 1 aliphatic heterocycles. The van der Waals surface area contributed by atoms with Crippen molar-refractivity contribution < 1.29 is 14.3 Å². The fourth-order valence-electron chi connectivity index (χ4n) is 3.87. The normalized spacial score (nSPS) is 14.0. The molecular weight excluding hydrogens is 434 g/mol. The van der Waals surface area contributed by atoms with Gasteiger partial charge in [-0.15, -0.1) is 11.3 Å². The van der Waals surface area contributed by atoms with E-state index in [0.717, 1.165) is 34.7 Å². The maximum atomic E-state index is 12.9. The Bertz CT molecular complexity index is 1130. The Morgan fingerprint density at radius 2 is 1.91 bits per heavy atom. The topological polar surface area (TPSA) is 71.5 Å². The van der Waals surface area contributed by atoms with Crippen LogP contribution in [-0.2, 0) is 4.74 Å². The Labute approximate surface area is 197 Å². The van der Waals surface area contributed by atoms with Gasteiger partial charge in [0.2, 0.25) is 0 Å². The van der Waals surface area contributed by atoms with Gasteiger partial charge < -0.3 is 15.0 Å². The quantitative estimate of drug-likeness (QED) is 0.466. The molecule has 0 unspecified atom stereocenters. The number of anilines is 1. The molecule has 0 radical (unpaired) electrons. The molecule has 3 aromatic rings. The third kappa shape index (κ3) is 5.49. The number of carbonyl (C=O) groups excluding carboxylic acids is 2. The van der Waals surface area contributed by atoms with Crippen LogP contribution in [0.25, 0.3) is 11.1 Å². The second-order valence-electron chi connectivity index (χ2n) is 8.06. The number of nitrogens with one attached hydrogen (secondary N) is 1. The van der Waals surface area contributed by atoms with Gasteiger partial charge in [0.1, 0.15) is 12.3 Å². The van der Waals surface area contributed by atoms with E-state index in [9.17, 15) is 9.59 Å². The fraction of sp³-hybridized carbons (Fsp3) is 0.269. The molecule has 0 saturated carbocycles. The highest BCUT2D eigenvalue weighted by atomic mass is 32.1. The van der Waals surface area contributed by atoms with E-state index in [1.807, 2.05) is 29.6 Å². The van der Waals surface area contributed by atoms with E-state index in [1.54, 1.807) is 11.0 Å². The van der Waals surface area contributed by atoms with Gasteiger partial charge in [-0.3, -0.25) is 4.79 Å². The number of hydrogen-bond donors (Lipinski definition) is 1. The number of hydrogen-bond acceptors (Lipinski definition) is 5. The first-order valence-corrected chi connectivity index (χ1v) is 11.9. The van der Waals surface area contributed by atoms with Crippen LogP contribution >= 0.6 is 11.3 Å². The highest BCUT2D eigenvalue weighted by Gasteiger charge is 2.27. The Morgan fingerprint density at radius 3 is 2.64 bits per heavy atom. The largest absolute Gasteiger partial charge is 0.445 e. The monoisotopic (exact) mass is 461 g/mol. The van der Waals surface area contributed by atoms with Crippen molar-refractivity contribution in [2.75, 3.05) is 25.0 Å². The lowest BCUT2D eigenvalue weighted by Gasteiger charge is -2.30. The number of piperidine rings is 1. The van der Waals surface area contributed by atoms with E-state index in [1.165, 1.54) is 16.9 Å². The van der Waals surface area contributed by atoms with Crippen LogP contribution in [0, 0.1) is 6.92 Å². The number of ether oxygens (including phenoxy) is 1. The molecule has 6 nitrogen and oxygen atoms in total. The van der Waals surface area contributed by atoms with Crippen LogP contribution in [0.4, 0.5) is 10.5 Å². The zero-order valence-corrected chi connectivity index (χ0v) is 19.4. The number of aromatic nitrogens is 1. The number of para-hydroxylation sites is 1. The lowest BCUT2D eigenvalue weighted by atomic mass is 9.98.